The molecule has 0 saturated heterocycles. The average Bonchev–Trinajstić information content (AvgIpc) is 2.62. The number of fused-ring (bicyclic) bond motifs is 1. The normalized spacial score (nSPS) is 10.6. The summed E-state index contributed by atoms with van der Waals surface area (Å²) in [4.78, 5) is 8.14. The van der Waals surface area contributed by atoms with Crippen molar-refractivity contribution >= 4 is 40.3 Å². The van der Waals surface area contributed by atoms with Crippen molar-refractivity contribution in [2.75, 3.05) is 24.0 Å². The molecule has 3 rings (SSSR count). The molecule has 0 unspecified atom stereocenters. The molecule has 0 aliphatic carbocycles. The fraction of sp³-hybridized carbons (Fsp3) is 0.250. The molecule has 0 fully saturated rings. The smallest absolute Gasteiger partial charge is 0.213 e. The Labute approximate surface area is 162 Å². The molecule has 0 spiro atoms. The molecule has 142 valence electrons. The summed E-state index contributed by atoms with van der Waals surface area (Å²) in [6.07, 6.45) is 6.70. The van der Waals surface area contributed by atoms with E-state index in [0.717, 1.165) is 16.6 Å². The van der Waals surface area contributed by atoms with Crippen LogP contribution in [0, 0.1) is 11.4 Å². The molecule has 3 aromatic rings. The van der Waals surface area contributed by atoms with Gasteiger partial charge in [0.25, 0.3) is 0 Å². The highest BCUT2D eigenvalue weighted by Crippen LogP contribution is 2.38. The minimum atomic E-state index is -0.560. The van der Waals surface area contributed by atoms with Crippen LogP contribution >= 0.6 is 11.8 Å². The molecular weight excluding hydrogens is 361 g/mol. The quantitative estimate of drug-likeness (QED) is 0.344. The van der Waals surface area contributed by atoms with Gasteiger partial charge in [0.2, 0.25) is 5.95 Å². The van der Waals surface area contributed by atoms with Gasteiger partial charge in [0.15, 0.2) is 0 Å². The van der Waals surface area contributed by atoms with E-state index >= 15 is 0 Å². The molecule has 5 N–H and O–H groups in total. The molecule has 2 heterocycles. The van der Waals surface area contributed by atoms with Gasteiger partial charge in [-0.25, -0.2) is 9.97 Å². The zero-order valence-corrected chi connectivity index (χ0v) is 16.7. The molecule has 0 saturated carbocycles. The number of halogens is 1. The van der Waals surface area contributed by atoms with Crippen LogP contribution in [-0.4, -0.2) is 28.7 Å². The maximum Gasteiger partial charge on any atom is 0.213 e. The van der Waals surface area contributed by atoms with Crippen molar-refractivity contribution in [3.05, 3.63) is 47.7 Å². The standard InChI is InChI=1S/C18H18FN5.C2H6S/c1-9(2)17-16(10-3-4-23-15(19)6-10)12-5-11(8-20)14(21)7-13(12)18(22)24-17;1-3-2/h3-9,20H,21H2,1-2H3,(H2,22,24);1-2H3. The molecule has 0 bridgehead atoms. The minimum Gasteiger partial charge on any atom is -0.398 e. The van der Waals surface area contributed by atoms with E-state index < -0.39 is 5.95 Å². The average molecular weight is 386 g/mol. The molecule has 2 aromatic heterocycles. The number of anilines is 2. The lowest BCUT2D eigenvalue weighted by Crippen LogP contribution is -2.05. The summed E-state index contributed by atoms with van der Waals surface area (Å²) in [7, 11) is 0. The molecule has 0 amide bonds. The Balaban J connectivity index is 0.000000817. The number of aromatic nitrogens is 2. The first-order valence-corrected chi connectivity index (χ1v) is 10.0. The first-order chi connectivity index (χ1) is 12.8. The van der Waals surface area contributed by atoms with E-state index in [1.54, 1.807) is 30.0 Å². The van der Waals surface area contributed by atoms with E-state index in [4.69, 9.17) is 16.9 Å². The second-order valence-electron chi connectivity index (χ2n) is 6.36. The molecule has 5 nitrogen and oxygen atoms in total. The predicted octanol–water partition coefficient (Wildman–Crippen LogP) is 4.70. The van der Waals surface area contributed by atoms with Crippen LogP contribution in [-0.2, 0) is 0 Å². The zero-order chi connectivity index (χ0) is 20.1. The molecule has 1 aromatic carbocycles. The van der Waals surface area contributed by atoms with Crippen LogP contribution in [0.2, 0.25) is 0 Å². The van der Waals surface area contributed by atoms with Crippen molar-refractivity contribution in [1.29, 1.82) is 5.41 Å². The van der Waals surface area contributed by atoms with E-state index in [1.165, 1.54) is 18.5 Å². The van der Waals surface area contributed by atoms with Crippen LogP contribution in [0.5, 0.6) is 0 Å². The van der Waals surface area contributed by atoms with Gasteiger partial charge in [-0.1, -0.05) is 13.8 Å². The monoisotopic (exact) mass is 385 g/mol. The number of thioether (sulfide) groups is 1. The highest BCUT2D eigenvalue weighted by Gasteiger charge is 2.18. The third kappa shape index (κ3) is 4.36. The number of hydrogen-bond acceptors (Lipinski definition) is 6. The third-order valence-electron chi connectivity index (χ3n) is 3.98. The Hall–Kier alpha value is -2.67. The Morgan fingerprint density at radius 1 is 1.15 bits per heavy atom. The zero-order valence-electron chi connectivity index (χ0n) is 15.9. The van der Waals surface area contributed by atoms with E-state index in [0.29, 0.717) is 28.0 Å². The van der Waals surface area contributed by atoms with Gasteiger partial charge in [-0.15, -0.1) is 0 Å². The number of nitrogens with one attached hydrogen (secondary N) is 1. The summed E-state index contributed by atoms with van der Waals surface area (Å²) >= 11 is 1.75. The van der Waals surface area contributed by atoms with Gasteiger partial charge in [0, 0.05) is 40.7 Å². The summed E-state index contributed by atoms with van der Waals surface area (Å²) in [5.41, 5.74) is 15.4. The highest BCUT2D eigenvalue weighted by molar-refractivity contribution is 7.97. The molecule has 7 heteroatoms. The van der Waals surface area contributed by atoms with E-state index in [9.17, 15) is 4.39 Å². The summed E-state index contributed by atoms with van der Waals surface area (Å²) in [6, 6.07) is 6.62. The lowest BCUT2D eigenvalue weighted by atomic mass is 9.91. The topological polar surface area (TPSA) is 102 Å². The summed E-state index contributed by atoms with van der Waals surface area (Å²) < 4.78 is 13.7. The van der Waals surface area contributed by atoms with Crippen molar-refractivity contribution in [1.82, 2.24) is 9.97 Å². The number of rotatable bonds is 3. The predicted molar refractivity (Wildman–Crippen MR) is 115 cm³/mol. The Kier molecular flexibility index (Phi) is 6.74. The second kappa shape index (κ2) is 8.81. The number of nitrogens with two attached hydrogens (primary N) is 2. The van der Waals surface area contributed by atoms with Crippen molar-refractivity contribution in [2.24, 2.45) is 0 Å². The van der Waals surface area contributed by atoms with Crippen LogP contribution in [0.3, 0.4) is 0 Å². The largest absolute Gasteiger partial charge is 0.398 e. The molecule has 0 aliphatic heterocycles. The van der Waals surface area contributed by atoms with Gasteiger partial charge in [0.05, 0.1) is 5.69 Å². The number of nitrogen functional groups attached to an aromatic ring is 2. The van der Waals surface area contributed by atoms with Crippen molar-refractivity contribution in [3.8, 4) is 11.1 Å². The lowest BCUT2D eigenvalue weighted by Gasteiger charge is -2.18. The van der Waals surface area contributed by atoms with Gasteiger partial charge >= 0.3 is 0 Å². The van der Waals surface area contributed by atoms with Crippen molar-refractivity contribution < 1.29 is 4.39 Å². The lowest BCUT2D eigenvalue weighted by molar-refractivity contribution is 0.584. The second-order valence-corrected chi connectivity index (χ2v) is 7.18. The van der Waals surface area contributed by atoms with Gasteiger partial charge in [-0.05, 0) is 47.6 Å². The van der Waals surface area contributed by atoms with Gasteiger partial charge in [-0.2, -0.15) is 16.2 Å². The molecule has 0 aliphatic rings. The van der Waals surface area contributed by atoms with Crippen LogP contribution in [0.4, 0.5) is 15.9 Å². The van der Waals surface area contributed by atoms with Crippen LogP contribution in [0.1, 0.15) is 31.0 Å². The Morgan fingerprint density at radius 3 is 2.37 bits per heavy atom. The summed E-state index contributed by atoms with van der Waals surface area (Å²) in [5.74, 6) is -0.103. The van der Waals surface area contributed by atoms with Crippen molar-refractivity contribution in [2.45, 2.75) is 19.8 Å². The number of nitrogens with zero attached hydrogens (tertiary/aromatic N) is 2. The van der Waals surface area contributed by atoms with Crippen LogP contribution in [0.15, 0.2) is 30.5 Å². The van der Waals surface area contributed by atoms with E-state index in [1.807, 2.05) is 26.4 Å². The molecular formula is C20H24FN5S. The van der Waals surface area contributed by atoms with Crippen LogP contribution in [0.25, 0.3) is 21.9 Å². The third-order valence-corrected chi connectivity index (χ3v) is 3.98. The maximum atomic E-state index is 13.7. The van der Waals surface area contributed by atoms with Gasteiger partial charge in [-0.3, -0.25) is 0 Å². The summed E-state index contributed by atoms with van der Waals surface area (Å²) in [6.45, 7) is 4.01. The highest BCUT2D eigenvalue weighted by atomic mass is 32.2. The number of hydrogen-bond donors (Lipinski definition) is 3. The first kappa shape index (κ1) is 20.6. The molecule has 27 heavy (non-hydrogen) atoms. The SMILES string of the molecule is CC(C)c1nc(N)c2cc(N)c(C=N)cc2c1-c1ccnc(F)c1.CSC. The maximum absolute atomic E-state index is 13.7. The van der Waals surface area contributed by atoms with E-state index in [-0.39, 0.29) is 5.92 Å². The van der Waals surface area contributed by atoms with Gasteiger partial charge in [0.1, 0.15) is 5.82 Å². The minimum absolute atomic E-state index is 0.0870. The van der Waals surface area contributed by atoms with Gasteiger partial charge < -0.3 is 16.9 Å². The van der Waals surface area contributed by atoms with Crippen molar-refractivity contribution in [3.63, 3.8) is 0 Å². The van der Waals surface area contributed by atoms with E-state index in [2.05, 4.69) is 9.97 Å². The Morgan fingerprint density at radius 2 is 1.81 bits per heavy atom. The fourth-order valence-electron chi connectivity index (χ4n) is 2.84. The number of benzene rings is 1. The first-order valence-electron chi connectivity index (χ1n) is 8.39. The van der Waals surface area contributed by atoms with Crippen LogP contribution < -0.4 is 11.5 Å². The summed E-state index contributed by atoms with van der Waals surface area (Å²) in [5, 5.41) is 9.02. The fourth-order valence-corrected chi connectivity index (χ4v) is 2.84. The number of pyridine rings is 2. The Bertz CT molecular complexity index is 972. The molecule has 0 radical (unpaired) electrons. The molecule has 0 atom stereocenters.